The van der Waals surface area contributed by atoms with E-state index in [1.165, 1.54) is 12.8 Å². The first kappa shape index (κ1) is 15.4. The number of hydrogen-bond donors (Lipinski definition) is 1. The average molecular weight is 255 g/mol. The summed E-state index contributed by atoms with van der Waals surface area (Å²) < 4.78 is 0. The molecule has 2 N–H and O–H groups in total. The molecule has 1 saturated heterocycles. The molecule has 4 nitrogen and oxygen atoms in total. The normalized spacial score (nSPS) is 19.8. The highest BCUT2D eigenvalue weighted by Crippen LogP contribution is 2.18. The molecule has 1 aliphatic heterocycles. The summed E-state index contributed by atoms with van der Waals surface area (Å²) in [6, 6.07) is 0. The van der Waals surface area contributed by atoms with Crippen molar-refractivity contribution in [3.05, 3.63) is 0 Å². The molecule has 1 fully saturated rings. The molecule has 18 heavy (non-hydrogen) atoms. The van der Waals surface area contributed by atoms with Crippen molar-refractivity contribution < 1.29 is 4.79 Å². The van der Waals surface area contributed by atoms with Crippen LogP contribution in [0.15, 0.2) is 0 Å². The number of piperidine rings is 1. The molecule has 0 aromatic heterocycles. The number of nitrogens with zero attached hydrogens (tertiary/aromatic N) is 2. The Bertz CT molecular complexity index is 249. The second-order valence-electron chi connectivity index (χ2n) is 5.69. The zero-order valence-corrected chi connectivity index (χ0v) is 12.2. The topological polar surface area (TPSA) is 49.6 Å². The maximum absolute atomic E-state index is 12.2. The van der Waals surface area contributed by atoms with E-state index in [-0.39, 0.29) is 11.8 Å². The van der Waals surface area contributed by atoms with Crippen LogP contribution in [0.2, 0.25) is 0 Å². The van der Waals surface area contributed by atoms with E-state index in [9.17, 15) is 4.79 Å². The highest BCUT2D eigenvalue weighted by Gasteiger charge is 2.24. The lowest BCUT2D eigenvalue weighted by atomic mass is 9.95. The SMILES string of the molecule is CCCC(CN)C(=O)N(C)CC1CCN(C)CC1. The summed E-state index contributed by atoms with van der Waals surface area (Å²) in [5.41, 5.74) is 5.69. The van der Waals surface area contributed by atoms with Crippen LogP contribution < -0.4 is 5.73 Å². The molecular formula is C14H29N3O. The van der Waals surface area contributed by atoms with Crippen molar-refractivity contribution in [1.82, 2.24) is 9.80 Å². The predicted octanol–water partition coefficient (Wildman–Crippen LogP) is 1.16. The lowest BCUT2D eigenvalue weighted by Gasteiger charge is -2.32. The van der Waals surface area contributed by atoms with Crippen molar-refractivity contribution in [3.63, 3.8) is 0 Å². The monoisotopic (exact) mass is 255 g/mol. The van der Waals surface area contributed by atoms with Crippen molar-refractivity contribution in [3.8, 4) is 0 Å². The molecule has 1 heterocycles. The standard InChI is InChI=1S/C14H29N3O/c1-4-5-13(10-15)14(18)17(3)11-12-6-8-16(2)9-7-12/h12-13H,4-11,15H2,1-3H3. The van der Waals surface area contributed by atoms with E-state index < -0.39 is 0 Å². The lowest BCUT2D eigenvalue weighted by Crippen LogP contribution is -2.41. The smallest absolute Gasteiger partial charge is 0.226 e. The molecular weight excluding hydrogens is 226 g/mol. The number of rotatable bonds is 6. The number of likely N-dealkylation sites (tertiary alicyclic amines) is 1. The molecule has 0 aliphatic carbocycles. The molecule has 0 bridgehead atoms. The van der Waals surface area contributed by atoms with Crippen LogP contribution in [0.4, 0.5) is 0 Å². The van der Waals surface area contributed by atoms with Gasteiger partial charge in [0.2, 0.25) is 5.91 Å². The third-order valence-electron chi connectivity index (χ3n) is 4.02. The minimum atomic E-state index is 0.0197. The fraction of sp³-hybridized carbons (Fsp3) is 0.929. The molecule has 0 saturated carbocycles. The van der Waals surface area contributed by atoms with E-state index in [1.54, 1.807) is 0 Å². The largest absolute Gasteiger partial charge is 0.345 e. The fourth-order valence-corrected chi connectivity index (χ4v) is 2.72. The number of carbonyl (C=O) groups is 1. The number of nitrogens with two attached hydrogens (primary N) is 1. The first-order chi connectivity index (χ1) is 8.58. The minimum Gasteiger partial charge on any atom is -0.345 e. The van der Waals surface area contributed by atoms with Gasteiger partial charge in [0.15, 0.2) is 0 Å². The van der Waals surface area contributed by atoms with E-state index in [1.807, 2.05) is 11.9 Å². The van der Waals surface area contributed by atoms with Crippen LogP contribution in [-0.4, -0.2) is 56.0 Å². The third-order valence-corrected chi connectivity index (χ3v) is 4.02. The van der Waals surface area contributed by atoms with Gasteiger partial charge in [0.25, 0.3) is 0 Å². The van der Waals surface area contributed by atoms with E-state index in [0.717, 1.165) is 32.5 Å². The Kier molecular flexibility index (Phi) is 6.65. The lowest BCUT2D eigenvalue weighted by molar-refractivity contribution is -0.134. The second kappa shape index (κ2) is 7.74. The Balaban J connectivity index is 2.39. The summed E-state index contributed by atoms with van der Waals surface area (Å²) in [7, 11) is 4.09. The third kappa shape index (κ3) is 4.58. The quantitative estimate of drug-likeness (QED) is 0.775. The zero-order valence-electron chi connectivity index (χ0n) is 12.2. The number of amides is 1. The van der Waals surface area contributed by atoms with Gasteiger partial charge >= 0.3 is 0 Å². The molecule has 0 radical (unpaired) electrons. The first-order valence-corrected chi connectivity index (χ1v) is 7.22. The van der Waals surface area contributed by atoms with Crippen LogP contribution in [0.3, 0.4) is 0 Å². The summed E-state index contributed by atoms with van der Waals surface area (Å²) in [6.07, 6.45) is 4.34. The summed E-state index contributed by atoms with van der Waals surface area (Å²) in [5.74, 6) is 0.916. The summed E-state index contributed by atoms with van der Waals surface area (Å²) >= 11 is 0. The van der Waals surface area contributed by atoms with Crippen LogP contribution in [0, 0.1) is 11.8 Å². The van der Waals surface area contributed by atoms with Crippen molar-refractivity contribution >= 4 is 5.91 Å². The Hall–Kier alpha value is -0.610. The Morgan fingerprint density at radius 1 is 1.44 bits per heavy atom. The van der Waals surface area contributed by atoms with Gasteiger partial charge in [-0.1, -0.05) is 13.3 Å². The van der Waals surface area contributed by atoms with Crippen molar-refractivity contribution in [2.45, 2.75) is 32.6 Å². The van der Waals surface area contributed by atoms with Crippen molar-refractivity contribution in [2.24, 2.45) is 17.6 Å². The maximum Gasteiger partial charge on any atom is 0.226 e. The summed E-state index contributed by atoms with van der Waals surface area (Å²) in [4.78, 5) is 16.5. The van der Waals surface area contributed by atoms with Gasteiger partial charge in [-0.15, -0.1) is 0 Å². The fourth-order valence-electron chi connectivity index (χ4n) is 2.72. The first-order valence-electron chi connectivity index (χ1n) is 7.22. The predicted molar refractivity (Wildman–Crippen MR) is 75.3 cm³/mol. The van der Waals surface area contributed by atoms with Crippen LogP contribution in [0.1, 0.15) is 32.6 Å². The van der Waals surface area contributed by atoms with Crippen molar-refractivity contribution in [2.75, 3.05) is 40.3 Å². The number of carbonyl (C=O) groups excluding carboxylic acids is 1. The van der Waals surface area contributed by atoms with Gasteiger partial charge in [0, 0.05) is 20.1 Å². The molecule has 1 aliphatic rings. The molecule has 0 aromatic rings. The summed E-state index contributed by atoms with van der Waals surface area (Å²) in [5, 5.41) is 0. The second-order valence-corrected chi connectivity index (χ2v) is 5.69. The van der Waals surface area contributed by atoms with E-state index in [4.69, 9.17) is 5.73 Å². The van der Waals surface area contributed by atoms with E-state index in [2.05, 4.69) is 18.9 Å². The van der Waals surface area contributed by atoms with Gasteiger partial charge in [-0.05, 0) is 45.3 Å². The molecule has 1 unspecified atom stereocenters. The molecule has 0 spiro atoms. The van der Waals surface area contributed by atoms with Crippen molar-refractivity contribution in [1.29, 1.82) is 0 Å². The highest BCUT2D eigenvalue weighted by molar-refractivity contribution is 5.78. The van der Waals surface area contributed by atoms with E-state index in [0.29, 0.717) is 12.5 Å². The molecule has 4 heteroatoms. The van der Waals surface area contributed by atoms with Gasteiger partial charge in [0.1, 0.15) is 0 Å². The van der Waals surface area contributed by atoms with Gasteiger partial charge in [0.05, 0.1) is 5.92 Å². The van der Waals surface area contributed by atoms with Crippen LogP contribution in [-0.2, 0) is 4.79 Å². The molecule has 0 aromatic carbocycles. The average Bonchev–Trinajstić information content (AvgIpc) is 2.37. The Morgan fingerprint density at radius 3 is 2.56 bits per heavy atom. The molecule has 1 amide bonds. The zero-order chi connectivity index (χ0) is 13.5. The van der Waals surface area contributed by atoms with Crippen LogP contribution in [0.25, 0.3) is 0 Å². The Labute approximate surface area is 111 Å². The molecule has 1 rings (SSSR count). The number of hydrogen-bond acceptors (Lipinski definition) is 3. The van der Waals surface area contributed by atoms with Gasteiger partial charge in [-0.25, -0.2) is 0 Å². The maximum atomic E-state index is 12.2. The Morgan fingerprint density at radius 2 is 2.06 bits per heavy atom. The molecule has 106 valence electrons. The highest BCUT2D eigenvalue weighted by atomic mass is 16.2. The van der Waals surface area contributed by atoms with E-state index >= 15 is 0 Å². The summed E-state index contributed by atoms with van der Waals surface area (Å²) in [6.45, 7) is 5.79. The van der Waals surface area contributed by atoms with Gasteiger partial charge in [-0.3, -0.25) is 4.79 Å². The minimum absolute atomic E-state index is 0.0197. The van der Waals surface area contributed by atoms with Gasteiger partial charge < -0.3 is 15.5 Å². The van der Waals surface area contributed by atoms with Crippen LogP contribution in [0.5, 0.6) is 0 Å². The van der Waals surface area contributed by atoms with Crippen LogP contribution >= 0.6 is 0 Å². The molecule has 1 atom stereocenters. The van der Waals surface area contributed by atoms with Gasteiger partial charge in [-0.2, -0.15) is 0 Å².